The van der Waals surface area contributed by atoms with Crippen LogP contribution in [0, 0.1) is 24.0 Å². The third-order valence-corrected chi connectivity index (χ3v) is 3.72. The Hall–Kier alpha value is -3.56. The molecular weight excluding hydrogens is 336 g/mol. The van der Waals surface area contributed by atoms with E-state index < -0.39 is 4.92 Å². The maximum Gasteiger partial charge on any atom is 0.293 e. The number of hydrogen-bond donors (Lipinski definition) is 0. The molecule has 0 aliphatic rings. The lowest BCUT2D eigenvalue weighted by atomic mass is 10.2. The van der Waals surface area contributed by atoms with Gasteiger partial charge in [0.2, 0.25) is 0 Å². The number of rotatable bonds is 5. The van der Waals surface area contributed by atoms with Gasteiger partial charge in [-0.1, -0.05) is 6.07 Å². The van der Waals surface area contributed by atoms with Crippen LogP contribution in [0.3, 0.4) is 0 Å². The summed E-state index contributed by atoms with van der Waals surface area (Å²) < 4.78 is 3.10. The zero-order valence-corrected chi connectivity index (χ0v) is 14.9. The first-order valence-corrected chi connectivity index (χ1v) is 7.80. The number of nitro groups is 1. The second-order valence-corrected chi connectivity index (χ2v) is 5.96. The lowest BCUT2D eigenvalue weighted by Gasteiger charge is -2.12. The number of hydrogen-bond acceptors (Lipinski definition) is 7. The third-order valence-electron chi connectivity index (χ3n) is 3.72. The van der Waals surface area contributed by atoms with Gasteiger partial charge in [0.25, 0.3) is 11.6 Å². The standard InChI is InChI=1S/C16H18N8O2/c1-11-7-12(2)23(20-11)16-19-17-10-22(16)18-9-13-5-6-14(21(3)4)15(8-13)24(25)26/h5-10H,1-4H3/b18-9-. The second kappa shape index (κ2) is 6.75. The summed E-state index contributed by atoms with van der Waals surface area (Å²) in [7, 11) is 3.52. The highest BCUT2D eigenvalue weighted by Crippen LogP contribution is 2.27. The summed E-state index contributed by atoms with van der Waals surface area (Å²) in [6, 6.07) is 6.85. The molecule has 1 aromatic carbocycles. The molecule has 2 heterocycles. The SMILES string of the molecule is Cc1cc(C)n(-c2nncn2/N=C\c2ccc(N(C)C)c([N+](=O)[O-])c2)n1. The summed E-state index contributed by atoms with van der Waals surface area (Å²) in [5.41, 5.74) is 2.89. The zero-order chi connectivity index (χ0) is 18.8. The summed E-state index contributed by atoms with van der Waals surface area (Å²) in [4.78, 5) is 12.6. The van der Waals surface area contributed by atoms with E-state index in [0.29, 0.717) is 17.2 Å². The van der Waals surface area contributed by atoms with Gasteiger partial charge in [-0.3, -0.25) is 10.1 Å². The Kier molecular flexibility index (Phi) is 4.48. The molecule has 0 atom stereocenters. The summed E-state index contributed by atoms with van der Waals surface area (Å²) >= 11 is 0. The molecule has 10 nitrogen and oxygen atoms in total. The van der Waals surface area contributed by atoms with Crippen molar-refractivity contribution < 1.29 is 4.92 Å². The summed E-state index contributed by atoms with van der Waals surface area (Å²) in [5, 5.41) is 27.9. The number of aryl methyl sites for hydroxylation is 2. The molecule has 26 heavy (non-hydrogen) atoms. The van der Waals surface area contributed by atoms with Crippen LogP contribution in [0.5, 0.6) is 0 Å². The van der Waals surface area contributed by atoms with Gasteiger partial charge in [0, 0.05) is 31.4 Å². The van der Waals surface area contributed by atoms with Crippen molar-refractivity contribution >= 4 is 17.6 Å². The highest BCUT2D eigenvalue weighted by molar-refractivity contribution is 5.83. The van der Waals surface area contributed by atoms with E-state index in [-0.39, 0.29) is 5.69 Å². The molecule has 0 unspecified atom stereocenters. The summed E-state index contributed by atoms with van der Waals surface area (Å²) in [5.74, 6) is 0.436. The van der Waals surface area contributed by atoms with E-state index in [2.05, 4.69) is 20.4 Å². The fraction of sp³-hybridized carbons (Fsp3) is 0.250. The van der Waals surface area contributed by atoms with Crippen molar-refractivity contribution in [3.63, 3.8) is 0 Å². The van der Waals surface area contributed by atoms with E-state index in [9.17, 15) is 10.1 Å². The van der Waals surface area contributed by atoms with Gasteiger partial charge < -0.3 is 4.90 Å². The van der Waals surface area contributed by atoms with Crippen molar-refractivity contribution in [2.45, 2.75) is 13.8 Å². The van der Waals surface area contributed by atoms with Crippen molar-refractivity contribution in [3.8, 4) is 5.95 Å². The van der Waals surface area contributed by atoms with Gasteiger partial charge in [0.1, 0.15) is 12.0 Å². The fourth-order valence-corrected chi connectivity index (χ4v) is 2.55. The third kappa shape index (κ3) is 3.29. The van der Waals surface area contributed by atoms with E-state index in [1.807, 2.05) is 19.9 Å². The van der Waals surface area contributed by atoms with E-state index in [4.69, 9.17) is 0 Å². The van der Waals surface area contributed by atoms with Gasteiger partial charge >= 0.3 is 0 Å². The maximum absolute atomic E-state index is 11.3. The first kappa shape index (κ1) is 17.3. The number of benzene rings is 1. The van der Waals surface area contributed by atoms with Crippen LogP contribution < -0.4 is 4.90 Å². The number of nitrogens with zero attached hydrogens (tertiary/aromatic N) is 8. The molecule has 0 spiro atoms. The van der Waals surface area contributed by atoms with Crippen LogP contribution in [0.1, 0.15) is 17.0 Å². The Morgan fingerprint density at radius 3 is 2.65 bits per heavy atom. The van der Waals surface area contributed by atoms with Crippen molar-refractivity contribution in [1.29, 1.82) is 0 Å². The molecule has 0 aliphatic heterocycles. The van der Waals surface area contributed by atoms with Crippen molar-refractivity contribution in [2.75, 3.05) is 19.0 Å². The molecule has 0 bridgehead atoms. The first-order chi connectivity index (χ1) is 12.4. The molecule has 0 fully saturated rings. The van der Waals surface area contributed by atoms with Gasteiger partial charge in [0.05, 0.1) is 16.8 Å². The second-order valence-electron chi connectivity index (χ2n) is 5.96. The molecule has 0 aliphatic carbocycles. The predicted octanol–water partition coefficient (Wildman–Crippen LogP) is 1.94. The van der Waals surface area contributed by atoms with Crippen LogP contribution in [0.15, 0.2) is 35.7 Å². The lowest BCUT2D eigenvalue weighted by Crippen LogP contribution is -2.11. The van der Waals surface area contributed by atoms with Gasteiger partial charge in [-0.2, -0.15) is 14.9 Å². The molecule has 134 valence electrons. The topological polar surface area (TPSA) is 107 Å². The largest absolute Gasteiger partial charge is 0.372 e. The molecule has 2 aromatic heterocycles. The highest BCUT2D eigenvalue weighted by atomic mass is 16.6. The summed E-state index contributed by atoms with van der Waals surface area (Å²) in [6.45, 7) is 3.80. The highest BCUT2D eigenvalue weighted by Gasteiger charge is 2.16. The first-order valence-electron chi connectivity index (χ1n) is 7.80. The fourth-order valence-electron chi connectivity index (χ4n) is 2.55. The van der Waals surface area contributed by atoms with E-state index >= 15 is 0 Å². The van der Waals surface area contributed by atoms with E-state index in [1.165, 1.54) is 23.3 Å². The molecule has 3 aromatic rings. The minimum Gasteiger partial charge on any atom is -0.372 e. The molecule has 0 saturated carbocycles. The maximum atomic E-state index is 11.3. The Bertz CT molecular complexity index is 986. The van der Waals surface area contributed by atoms with E-state index in [1.54, 1.807) is 35.8 Å². The quantitative estimate of drug-likeness (QED) is 0.394. The normalized spacial score (nSPS) is 11.2. The van der Waals surface area contributed by atoms with Crippen LogP contribution in [0.2, 0.25) is 0 Å². The van der Waals surface area contributed by atoms with Crippen LogP contribution in [-0.4, -0.2) is 49.9 Å². The molecule has 10 heteroatoms. The average Bonchev–Trinajstić information content (AvgIpc) is 3.17. The van der Waals surface area contributed by atoms with E-state index in [0.717, 1.165) is 11.4 Å². The molecule has 0 N–H and O–H groups in total. The molecule has 0 saturated heterocycles. The minimum absolute atomic E-state index is 0.0153. The molecule has 0 radical (unpaired) electrons. The van der Waals surface area contributed by atoms with Gasteiger partial charge in [-0.05, 0) is 26.0 Å². The Morgan fingerprint density at radius 2 is 2.04 bits per heavy atom. The minimum atomic E-state index is -0.410. The number of anilines is 1. The zero-order valence-electron chi connectivity index (χ0n) is 14.9. The van der Waals surface area contributed by atoms with Gasteiger partial charge in [0.15, 0.2) is 0 Å². The lowest BCUT2D eigenvalue weighted by molar-refractivity contribution is -0.384. The van der Waals surface area contributed by atoms with Crippen molar-refractivity contribution in [2.24, 2.45) is 5.10 Å². The molecule has 3 rings (SSSR count). The Balaban J connectivity index is 1.95. The number of nitro benzene ring substituents is 1. The van der Waals surface area contributed by atoms with Crippen LogP contribution in [-0.2, 0) is 0 Å². The smallest absolute Gasteiger partial charge is 0.293 e. The van der Waals surface area contributed by atoms with Crippen LogP contribution in [0.4, 0.5) is 11.4 Å². The van der Waals surface area contributed by atoms with Gasteiger partial charge in [-0.15, -0.1) is 10.2 Å². The average molecular weight is 354 g/mol. The number of aromatic nitrogens is 5. The van der Waals surface area contributed by atoms with Gasteiger partial charge in [-0.25, -0.2) is 4.68 Å². The predicted molar refractivity (Wildman–Crippen MR) is 97.0 cm³/mol. The van der Waals surface area contributed by atoms with Crippen LogP contribution in [0.25, 0.3) is 5.95 Å². The van der Waals surface area contributed by atoms with Crippen molar-refractivity contribution in [3.05, 3.63) is 57.7 Å². The molecular formula is C16H18N8O2. The monoisotopic (exact) mass is 354 g/mol. The molecule has 0 amide bonds. The Morgan fingerprint density at radius 1 is 1.27 bits per heavy atom. The van der Waals surface area contributed by atoms with Crippen molar-refractivity contribution in [1.82, 2.24) is 24.7 Å². The van der Waals surface area contributed by atoms with Crippen LogP contribution >= 0.6 is 0 Å². The Labute approximate surface area is 149 Å². The summed E-state index contributed by atoms with van der Waals surface area (Å²) in [6.07, 6.45) is 2.97.